The Morgan fingerprint density at radius 3 is 2.90 bits per heavy atom. The van der Waals surface area contributed by atoms with E-state index in [4.69, 9.17) is 11.6 Å². The lowest BCUT2D eigenvalue weighted by molar-refractivity contribution is 0.955. The molecule has 2 aromatic rings. The number of anilines is 2. The van der Waals surface area contributed by atoms with Crippen molar-refractivity contribution in [3.63, 3.8) is 0 Å². The fraction of sp³-hybridized carbons (Fsp3) is 0.250. The van der Waals surface area contributed by atoms with Gasteiger partial charge in [-0.3, -0.25) is 0 Å². The number of halogens is 2. The minimum absolute atomic E-state index is 0.736. The smallest absolute Gasteiger partial charge is 0.0648 e. The van der Waals surface area contributed by atoms with E-state index in [0.29, 0.717) is 0 Å². The lowest BCUT2D eigenvalue weighted by Crippen LogP contribution is -2.12. The molecule has 1 aliphatic heterocycles. The molecule has 1 aliphatic rings. The van der Waals surface area contributed by atoms with E-state index in [2.05, 4.69) is 51.4 Å². The highest BCUT2D eigenvalue weighted by molar-refractivity contribution is 9.10. The van der Waals surface area contributed by atoms with E-state index in [1.165, 1.54) is 16.8 Å². The Morgan fingerprint density at radius 1 is 1.25 bits per heavy atom. The molecule has 0 spiro atoms. The highest BCUT2D eigenvalue weighted by atomic mass is 79.9. The number of nitrogens with zero attached hydrogens (tertiary/aromatic N) is 1. The molecule has 4 heteroatoms. The van der Waals surface area contributed by atoms with Gasteiger partial charge in [0.05, 0.1) is 10.7 Å². The van der Waals surface area contributed by atoms with Gasteiger partial charge in [0.15, 0.2) is 0 Å². The summed E-state index contributed by atoms with van der Waals surface area (Å²) in [6.45, 7) is 1.91. The van der Waals surface area contributed by atoms with Crippen LogP contribution >= 0.6 is 27.5 Å². The van der Waals surface area contributed by atoms with Gasteiger partial charge in [0, 0.05) is 30.3 Å². The number of benzene rings is 2. The van der Waals surface area contributed by atoms with E-state index in [0.717, 1.165) is 34.7 Å². The fourth-order valence-corrected chi connectivity index (χ4v) is 3.30. The normalized spacial score (nSPS) is 13.4. The number of hydrogen-bond acceptors (Lipinski definition) is 2. The summed E-state index contributed by atoms with van der Waals surface area (Å²) in [5.41, 5.74) is 5.05. The maximum absolute atomic E-state index is 6.21. The molecule has 104 valence electrons. The molecule has 0 saturated heterocycles. The van der Waals surface area contributed by atoms with Crippen molar-refractivity contribution in [1.29, 1.82) is 0 Å². The number of nitrogens with one attached hydrogen (secondary N) is 1. The molecule has 20 heavy (non-hydrogen) atoms. The van der Waals surface area contributed by atoms with Crippen molar-refractivity contribution in [2.45, 2.75) is 13.0 Å². The summed E-state index contributed by atoms with van der Waals surface area (Å²) in [4.78, 5) is 2.30. The van der Waals surface area contributed by atoms with Gasteiger partial charge in [-0.05, 0) is 41.8 Å². The highest BCUT2D eigenvalue weighted by Gasteiger charge is 2.15. The van der Waals surface area contributed by atoms with E-state index in [1.54, 1.807) is 0 Å². The summed E-state index contributed by atoms with van der Waals surface area (Å²) in [7, 11) is 2.14. The summed E-state index contributed by atoms with van der Waals surface area (Å²) in [6, 6.07) is 12.6. The Hall–Kier alpha value is -1.19. The monoisotopic (exact) mass is 350 g/mol. The second-order valence-electron chi connectivity index (χ2n) is 5.11. The van der Waals surface area contributed by atoms with Crippen LogP contribution in [0.25, 0.3) is 0 Å². The molecule has 0 fully saturated rings. The Kier molecular flexibility index (Phi) is 3.90. The zero-order chi connectivity index (χ0) is 14.1. The van der Waals surface area contributed by atoms with Crippen LogP contribution in [0, 0.1) is 0 Å². The van der Waals surface area contributed by atoms with Crippen molar-refractivity contribution in [2.24, 2.45) is 0 Å². The largest absolute Gasteiger partial charge is 0.380 e. The van der Waals surface area contributed by atoms with Gasteiger partial charge in [0.2, 0.25) is 0 Å². The standard InChI is InChI=1S/C16H16BrClN2/c1-20-7-6-12-8-11(2-5-16(12)20)10-19-15-4-3-13(17)9-14(15)18/h2-5,8-9,19H,6-7,10H2,1H3. The van der Waals surface area contributed by atoms with E-state index in [-0.39, 0.29) is 0 Å². The Bertz CT molecular complexity index is 642. The maximum Gasteiger partial charge on any atom is 0.0648 e. The number of likely N-dealkylation sites (N-methyl/N-ethyl adjacent to an activating group) is 1. The first-order valence-corrected chi connectivity index (χ1v) is 7.82. The first-order valence-electron chi connectivity index (χ1n) is 6.65. The fourth-order valence-electron chi connectivity index (χ4n) is 2.56. The van der Waals surface area contributed by atoms with Crippen molar-refractivity contribution in [2.75, 3.05) is 23.8 Å². The molecule has 0 aromatic heterocycles. The molecule has 0 radical (unpaired) electrons. The van der Waals surface area contributed by atoms with Crippen LogP contribution in [-0.4, -0.2) is 13.6 Å². The Morgan fingerprint density at radius 2 is 2.10 bits per heavy atom. The van der Waals surface area contributed by atoms with Gasteiger partial charge in [-0.2, -0.15) is 0 Å². The molecule has 0 aliphatic carbocycles. The van der Waals surface area contributed by atoms with E-state index >= 15 is 0 Å². The molecule has 0 saturated carbocycles. The number of rotatable bonds is 3. The molecule has 3 rings (SSSR count). The predicted molar refractivity (Wildman–Crippen MR) is 89.9 cm³/mol. The summed E-state index contributed by atoms with van der Waals surface area (Å²) in [5.74, 6) is 0. The molecular formula is C16H16BrClN2. The minimum Gasteiger partial charge on any atom is -0.380 e. The van der Waals surface area contributed by atoms with Crippen LogP contribution in [0.5, 0.6) is 0 Å². The van der Waals surface area contributed by atoms with Crippen LogP contribution in [0.3, 0.4) is 0 Å². The van der Waals surface area contributed by atoms with Crippen LogP contribution in [0.2, 0.25) is 5.02 Å². The average molecular weight is 352 g/mol. The van der Waals surface area contributed by atoms with Crippen LogP contribution < -0.4 is 10.2 Å². The average Bonchev–Trinajstić information content (AvgIpc) is 2.79. The van der Waals surface area contributed by atoms with Crippen LogP contribution in [0.1, 0.15) is 11.1 Å². The van der Waals surface area contributed by atoms with Gasteiger partial charge in [-0.25, -0.2) is 0 Å². The first kappa shape index (κ1) is 13.8. The molecule has 0 atom stereocenters. The summed E-state index contributed by atoms with van der Waals surface area (Å²) < 4.78 is 0.994. The van der Waals surface area contributed by atoms with Crippen molar-refractivity contribution in [3.05, 3.63) is 57.0 Å². The molecule has 2 nitrogen and oxygen atoms in total. The van der Waals surface area contributed by atoms with Gasteiger partial charge in [0.1, 0.15) is 0 Å². The van der Waals surface area contributed by atoms with E-state index in [9.17, 15) is 0 Å². The molecular weight excluding hydrogens is 336 g/mol. The Labute approximate surface area is 132 Å². The summed E-state index contributed by atoms with van der Waals surface area (Å²) >= 11 is 9.62. The van der Waals surface area contributed by atoms with E-state index in [1.807, 2.05) is 18.2 Å². The van der Waals surface area contributed by atoms with Gasteiger partial charge in [0.25, 0.3) is 0 Å². The second kappa shape index (κ2) is 5.66. The van der Waals surface area contributed by atoms with Gasteiger partial charge in [-0.1, -0.05) is 39.7 Å². The van der Waals surface area contributed by atoms with Crippen molar-refractivity contribution in [3.8, 4) is 0 Å². The van der Waals surface area contributed by atoms with Crippen molar-refractivity contribution in [1.82, 2.24) is 0 Å². The second-order valence-corrected chi connectivity index (χ2v) is 6.44. The van der Waals surface area contributed by atoms with Gasteiger partial charge < -0.3 is 10.2 Å². The first-order chi connectivity index (χ1) is 9.63. The topological polar surface area (TPSA) is 15.3 Å². The zero-order valence-corrected chi connectivity index (χ0v) is 13.6. The molecule has 0 unspecified atom stereocenters. The van der Waals surface area contributed by atoms with Crippen molar-refractivity contribution < 1.29 is 0 Å². The molecule has 0 bridgehead atoms. The third-order valence-corrected chi connectivity index (χ3v) is 4.49. The van der Waals surface area contributed by atoms with Crippen molar-refractivity contribution >= 4 is 38.9 Å². The number of hydrogen-bond donors (Lipinski definition) is 1. The molecule has 1 N–H and O–H groups in total. The predicted octanol–water partition coefficient (Wildman–Crippen LogP) is 4.71. The lowest BCUT2D eigenvalue weighted by Gasteiger charge is -2.13. The lowest BCUT2D eigenvalue weighted by atomic mass is 10.1. The Balaban J connectivity index is 1.73. The number of fused-ring (bicyclic) bond motifs is 1. The minimum atomic E-state index is 0.736. The third-order valence-electron chi connectivity index (χ3n) is 3.69. The quantitative estimate of drug-likeness (QED) is 0.861. The summed E-state index contributed by atoms with van der Waals surface area (Å²) in [6.07, 6.45) is 1.14. The maximum atomic E-state index is 6.21. The van der Waals surface area contributed by atoms with Gasteiger partial charge in [-0.15, -0.1) is 0 Å². The molecule has 1 heterocycles. The third kappa shape index (κ3) is 2.79. The van der Waals surface area contributed by atoms with Crippen LogP contribution in [-0.2, 0) is 13.0 Å². The van der Waals surface area contributed by atoms with Gasteiger partial charge >= 0.3 is 0 Å². The summed E-state index contributed by atoms with van der Waals surface area (Å²) in [5, 5.41) is 4.13. The SMILES string of the molecule is CN1CCc2cc(CNc3ccc(Br)cc3Cl)ccc21. The van der Waals surface area contributed by atoms with E-state index < -0.39 is 0 Å². The van der Waals surface area contributed by atoms with Crippen LogP contribution in [0.4, 0.5) is 11.4 Å². The zero-order valence-electron chi connectivity index (χ0n) is 11.3. The molecule has 0 amide bonds. The molecule has 2 aromatic carbocycles. The van der Waals surface area contributed by atoms with Crippen LogP contribution in [0.15, 0.2) is 40.9 Å². The highest BCUT2D eigenvalue weighted by Crippen LogP contribution is 2.29.